The summed E-state index contributed by atoms with van der Waals surface area (Å²) in [5, 5.41) is 18.4. The smallest absolute Gasteiger partial charge is 0.323 e. The molecule has 0 aliphatic carbocycles. The van der Waals surface area contributed by atoms with Gasteiger partial charge in [-0.05, 0) is 32.5 Å². The van der Waals surface area contributed by atoms with E-state index in [1.165, 1.54) is 11.8 Å². The van der Waals surface area contributed by atoms with E-state index in [4.69, 9.17) is 5.11 Å². The Hall–Kier alpha value is -1.71. The van der Waals surface area contributed by atoms with Crippen LogP contribution in [0.1, 0.15) is 5.56 Å². The molecule has 0 radical (unpaired) electrons. The number of likely N-dealkylation sites (N-methyl/N-ethyl adjacent to an activating group) is 1. The highest BCUT2D eigenvalue weighted by molar-refractivity contribution is 7.98. The van der Waals surface area contributed by atoms with Gasteiger partial charge >= 0.3 is 5.97 Å². The largest absolute Gasteiger partial charge is 0.480 e. The second-order valence-corrected chi connectivity index (χ2v) is 5.43. The van der Waals surface area contributed by atoms with E-state index < -0.39 is 5.97 Å². The number of hydrogen-bond donors (Lipinski definition) is 1. The Balaban J connectivity index is 3.12. The van der Waals surface area contributed by atoms with Gasteiger partial charge in [0, 0.05) is 18.0 Å². The molecule has 1 aromatic rings. The minimum Gasteiger partial charge on any atom is -0.480 e. The molecule has 0 heterocycles. The maximum absolute atomic E-state index is 11.0. The van der Waals surface area contributed by atoms with Gasteiger partial charge in [-0.3, -0.25) is 4.79 Å². The van der Waals surface area contributed by atoms with Crippen LogP contribution in [0.5, 0.6) is 0 Å². The first kappa shape index (κ1) is 16.3. The zero-order valence-corrected chi connectivity index (χ0v) is 12.8. The lowest BCUT2D eigenvalue weighted by Gasteiger charge is -2.26. The Morgan fingerprint density at radius 2 is 2.10 bits per heavy atom. The fourth-order valence-corrected chi connectivity index (χ4v) is 2.40. The number of benzene rings is 1. The Morgan fingerprint density at radius 3 is 2.60 bits per heavy atom. The first-order chi connectivity index (χ1) is 9.49. The summed E-state index contributed by atoms with van der Waals surface area (Å²) in [5.74, 6) is -0.901. The molecule has 0 atom stereocenters. The van der Waals surface area contributed by atoms with Gasteiger partial charge in [0.1, 0.15) is 12.6 Å². The Morgan fingerprint density at radius 1 is 1.40 bits per heavy atom. The molecule has 6 heteroatoms. The molecular formula is C14H19N3O2S. The number of anilines is 1. The highest BCUT2D eigenvalue weighted by Gasteiger charge is 2.16. The van der Waals surface area contributed by atoms with Crippen molar-refractivity contribution in [2.75, 3.05) is 44.9 Å². The van der Waals surface area contributed by atoms with Gasteiger partial charge in [0.2, 0.25) is 0 Å². The topological polar surface area (TPSA) is 67.6 Å². The third kappa shape index (κ3) is 4.44. The molecule has 1 N–H and O–H groups in total. The maximum atomic E-state index is 11.0. The zero-order valence-electron chi connectivity index (χ0n) is 12.0. The highest BCUT2D eigenvalue weighted by atomic mass is 32.2. The molecule has 0 saturated carbocycles. The number of rotatable bonds is 7. The maximum Gasteiger partial charge on any atom is 0.323 e. The van der Waals surface area contributed by atoms with E-state index in [1.807, 2.05) is 37.4 Å². The molecule has 0 aliphatic heterocycles. The lowest BCUT2D eigenvalue weighted by Crippen LogP contribution is -2.36. The van der Waals surface area contributed by atoms with Crippen LogP contribution in [-0.2, 0) is 4.79 Å². The number of carboxylic acid groups (broad SMARTS) is 1. The second kappa shape index (κ2) is 7.78. The van der Waals surface area contributed by atoms with E-state index in [0.717, 1.165) is 11.4 Å². The number of aliphatic carboxylic acids is 1. The zero-order chi connectivity index (χ0) is 15.1. The molecule has 108 valence electrons. The summed E-state index contributed by atoms with van der Waals surface area (Å²) in [6.45, 7) is 1.17. The van der Waals surface area contributed by atoms with Gasteiger partial charge in [-0.2, -0.15) is 5.26 Å². The van der Waals surface area contributed by atoms with Gasteiger partial charge in [0.05, 0.1) is 11.3 Å². The summed E-state index contributed by atoms with van der Waals surface area (Å²) >= 11 is 1.49. The first-order valence-corrected chi connectivity index (χ1v) is 7.40. The summed E-state index contributed by atoms with van der Waals surface area (Å²) in [7, 11) is 3.87. The van der Waals surface area contributed by atoms with Crippen LogP contribution in [0.15, 0.2) is 23.1 Å². The predicted molar refractivity (Wildman–Crippen MR) is 81.3 cm³/mol. The standard InChI is InChI=1S/C14H19N3O2S/c1-16(2)7-8-17(10-14(18)19)12-5-4-6-13(20-3)11(12)9-15/h4-6H,7-8,10H2,1-3H3,(H,18,19). The van der Waals surface area contributed by atoms with E-state index in [1.54, 1.807) is 11.0 Å². The molecular weight excluding hydrogens is 274 g/mol. The van der Waals surface area contributed by atoms with E-state index in [2.05, 4.69) is 6.07 Å². The summed E-state index contributed by atoms with van der Waals surface area (Å²) in [6, 6.07) is 7.72. The average Bonchev–Trinajstić information content (AvgIpc) is 2.41. The Kier molecular flexibility index (Phi) is 6.36. The van der Waals surface area contributed by atoms with Crippen LogP contribution in [0.4, 0.5) is 5.69 Å². The fraction of sp³-hybridized carbons (Fsp3) is 0.429. The van der Waals surface area contributed by atoms with E-state index >= 15 is 0 Å². The lowest BCUT2D eigenvalue weighted by atomic mass is 10.1. The second-order valence-electron chi connectivity index (χ2n) is 4.58. The monoisotopic (exact) mass is 293 g/mol. The molecule has 20 heavy (non-hydrogen) atoms. The minimum atomic E-state index is -0.901. The summed E-state index contributed by atoms with van der Waals surface area (Å²) < 4.78 is 0. The number of hydrogen-bond acceptors (Lipinski definition) is 5. The SMILES string of the molecule is CSc1cccc(N(CCN(C)C)CC(=O)O)c1C#N. The Labute approximate surface area is 123 Å². The van der Waals surface area contributed by atoms with Crippen molar-refractivity contribution in [1.29, 1.82) is 5.26 Å². The van der Waals surface area contributed by atoms with Crippen molar-refractivity contribution in [3.05, 3.63) is 23.8 Å². The molecule has 0 spiro atoms. The quantitative estimate of drug-likeness (QED) is 0.772. The number of carbonyl (C=O) groups is 1. The normalized spacial score (nSPS) is 10.3. The molecule has 1 rings (SSSR count). The third-order valence-corrected chi connectivity index (χ3v) is 3.60. The van der Waals surface area contributed by atoms with Gasteiger partial charge < -0.3 is 14.9 Å². The molecule has 5 nitrogen and oxygen atoms in total. The summed E-state index contributed by atoms with van der Waals surface area (Å²) in [4.78, 5) is 15.6. The van der Waals surface area contributed by atoms with Crippen molar-refractivity contribution in [1.82, 2.24) is 4.90 Å². The van der Waals surface area contributed by atoms with Crippen molar-refractivity contribution in [2.24, 2.45) is 0 Å². The molecule has 0 amide bonds. The first-order valence-electron chi connectivity index (χ1n) is 6.18. The van der Waals surface area contributed by atoms with Crippen molar-refractivity contribution in [3.63, 3.8) is 0 Å². The van der Waals surface area contributed by atoms with Gasteiger partial charge in [-0.15, -0.1) is 11.8 Å². The molecule has 1 aromatic carbocycles. The lowest BCUT2D eigenvalue weighted by molar-refractivity contribution is -0.135. The molecule has 0 aliphatic rings. The number of carboxylic acids is 1. The van der Waals surface area contributed by atoms with Gasteiger partial charge in [-0.25, -0.2) is 0 Å². The van der Waals surface area contributed by atoms with Crippen molar-refractivity contribution in [2.45, 2.75) is 4.90 Å². The van der Waals surface area contributed by atoms with E-state index in [9.17, 15) is 10.1 Å². The minimum absolute atomic E-state index is 0.111. The fourth-order valence-electron chi connectivity index (χ4n) is 1.83. The van der Waals surface area contributed by atoms with Crippen molar-refractivity contribution < 1.29 is 9.90 Å². The van der Waals surface area contributed by atoms with Crippen LogP contribution >= 0.6 is 11.8 Å². The number of nitrogens with zero attached hydrogens (tertiary/aromatic N) is 3. The summed E-state index contributed by atoms with van der Waals surface area (Å²) in [5.41, 5.74) is 1.23. The number of thioether (sulfide) groups is 1. The molecule has 0 bridgehead atoms. The highest BCUT2D eigenvalue weighted by Crippen LogP contribution is 2.28. The third-order valence-electron chi connectivity index (χ3n) is 2.82. The molecule has 0 unspecified atom stereocenters. The van der Waals surface area contributed by atoms with Gasteiger partial charge in [0.15, 0.2) is 0 Å². The van der Waals surface area contributed by atoms with Crippen molar-refractivity contribution >= 4 is 23.4 Å². The van der Waals surface area contributed by atoms with Crippen LogP contribution in [0, 0.1) is 11.3 Å². The van der Waals surface area contributed by atoms with Crippen LogP contribution in [0.2, 0.25) is 0 Å². The van der Waals surface area contributed by atoms with Crippen LogP contribution < -0.4 is 4.90 Å². The average molecular weight is 293 g/mol. The van der Waals surface area contributed by atoms with Gasteiger partial charge in [0.25, 0.3) is 0 Å². The van der Waals surface area contributed by atoms with Crippen LogP contribution in [-0.4, -0.2) is 56.0 Å². The molecule has 0 fully saturated rings. The van der Waals surface area contributed by atoms with E-state index in [0.29, 0.717) is 17.8 Å². The number of nitriles is 1. The van der Waals surface area contributed by atoms with Gasteiger partial charge in [-0.1, -0.05) is 6.07 Å². The molecule has 0 aromatic heterocycles. The molecule has 0 saturated heterocycles. The van der Waals surface area contributed by atoms with E-state index in [-0.39, 0.29) is 6.54 Å². The summed E-state index contributed by atoms with van der Waals surface area (Å²) in [6.07, 6.45) is 1.90. The Bertz CT molecular complexity index is 512. The van der Waals surface area contributed by atoms with Crippen molar-refractivity contribution in [3.8, 4) is 6.07 Å². The predicted octanol–water partition coefficient (Wildman–Crippen LogP) is 1.73. The van der Waals surface area contributed by atoms with Crippen LogP contribution in [0.25, 0.3) is 0 Å². The van der Waals surface area contributed by atoms with Crippen LogP contribution in [0.3, 0.4) is 0 Å².